The zero-order valence-corrected chi connectivity index (χ0v) is 6.59. The van der Waals surface area contributed by atoms with E-state index in [2.05, 4.69) is 5.32 Å². The minimum Gasteiger partial charge on any atom is -0.300 e. The van der Waals surface area contributed by atoms with Crippen LogP contribution in [0.2, 0.25) is 0 Å². The van der Waals surface area contributed by atoms with E-state index in [-0.39, 0.29) is 11.8 Å². The first-order valence-corrected chi connectivity index (χ1v) is 3.79. The van der Waals surface area contributed by atoms with Crippen LogP contribution in [-0.4, -0.2) is 36.3 Å². The van der Waals surface area contributed by atoms with Crippen LogP contribution in [0.1, 0.15) is 13.3 Å². The van der Waals surface area contributed by atoms with Gasteiger partial charge in [-0.3, -0.25) is 19.8 Å². The van der Waals surface area contributed by atoms with E-state index >= 15 is 0 Å². The molecule has 1 fully saturated rings. The van der Waals surface area contributed by atoms with Crippen molar-refractivity contribution in [3.05, 3.63) is 0 Å². The predicted molar refractivity (Wildman–Crippen MR) is 39.9 cm³/mol. The van der Waals surface area contributed by atoms with Crippen LogP contribution in [0.5, 0.6) is 0 Å². The lowest BCUT2D eigenvalue weighted by Crippen LogP contribution is -2.52. The van der Waals surface area contributed by atoms with Gasteiger partial charge in [-0.15, -0.1) is 0 Å². The summed E-state index contributed by atoms with van der Waals surface area (Å²) in [5.41, 5.74) is 0. The molecule has 0 atom stereocenters. The lowest BCUT2D eigenvalue weighted by molar-refractivity contribution is -0.146. The predicted octanol–water partition coefficient (Wildman–Crippen LogP) is -0.645. The zero-order chi connectivity index (χ0) is 8.27. The van der Waals surface area contributed by atoms with E-state index < -0.39 is 0 Å². The van der Waals surface area contributed by atoms with Crippen LogP contribution < -0.4 is 5.32 Å². The highest BCUT2D eigenvalue weighted by Gasteiger charge is 2.23. The van der Waals surface area contributed by atoms with E-state index in [1.165, 1.54) is 4.90 Å². The fourth-order valence-corrected chi connectivity index (χ4v) is 1.08. The highest BCUT2D eigenvalue weighted by Crippen LogP contribution is 1.96. The van der Waals surface area contributed by atoms with Gasteiger partial charge in [0.2, 0.25) is 11.8 Å². The van der Waals surface area contributed by atoms with Crippen LogP contribution in [0.15, 0.2) is 0 Å². The summed E-state index contributed by atoms with van der Waals surface area (Å²) in [4.78, 5) is 23.4. The first-order valence-electron chi connectivity index (χ1n) is 3.79. The van der Waals surface area contributed by atoms with E-state index in [0.29, 0.717) is 19.6 Å². The molecule has 1 rings (SSSR count). The SMILES string of the molecule is CCCN1C(=O)CNCC1=O. The minimum atomic E-state index is -0.108. The van der Waals surface area contributed by atoms with E-state index in [1.54, 1.807) is 0 Å². The molecule has 11 heavy (non-hydrogen) atoms. The summed E-state index contributed by atoms with van der Waals surface area (Å²) in [5.74, 6) is -0.216. The molecule has 0 radical (unpaired) electrons. The maximum absolute atomic E-state index is 11.0. The Morgan fingerprint density at radius 2 is 1.91 bits per heavy atom. The number of carbonyl (C=O) groups is 2. The number of carbonyl (C=O) groups excluding carboxylic acids is 2. The van der Waals surface area contributed by atoms with Crippen LogP contribution in [0.3, 0.4) is 0 Å². The minimum absolute atomic E-state index is 0.108. The molecule has 0 unspecified atom stereocenters. The van der Waals surface area contributed by atoms with Crippen LogP contribution in [0.25, 0.3) is 0 Å². The van der Waals surface area contributed by atoms with Gasteiger partial charge in [0.1, 0.15) is 0 Å². The van der Waals surface area contributed by atoms with Crippen molar-refractivity contribution in [1.29, 1.82) is 0 Å². The van der Waals surface area contributed by atoms with Gasteiger partial charge in [-0.1, -0.05) is 6.92 Å². The summed E-state index contributed by atoms with van der Waals surface area (Å²) in [6.45, 7) is 3.10. The number of hydrogen-bond donors (Lipinski definition) is 1. The molecule has 62 valence electrons. The maximum Gasteiger partial charge on any atom is 0.243 e. The molecule has 4 heteroatoms. The van der Waals surface area contributed by atoms with Gasteiger partial charge in [-0.05, 0) is 6.42 Å². The second-order valence-corrected chi connectivity index (χ2v) is 2.54. The molecule has 0 spiro atoms. The van der Waals surface area contributed by atoms with Gasteiger partial charge in [0.25, 0.3) is 0 Å². The Labute approximate surface area is 65.6 Å². The van der Waals surface area contributed by atoms with Crippen LogP contribution in [0.4, 0.5) is 0 Å². The van der Waals surface area contributed by atoms with Gasteiger partial charge < -0.3 is 0 Å². The summed E-state index contributed by atoms with van der Waals surface area (Å²) in [6, 6.07) is 0. The molecule has 1 aliphatic rings. The maximum atomic E-state index is 11.0. The number of hydrogen-bond acceptors (Lipinski definition) is 3. The van der Waals surface area contributed by atoms with Crippen molar-refractivity contribution in [1.82, 2.24) is 10.2 Å². The van der Waals surface area contributed by atoms with Crippen molar-refractivity contribution < 1.29 is 9.59 Å². The number of rotatable bonds is 2. The molecule has 0 aromatic carbocycles. The Balaban J connectivity index is 2.55. The average Bonchev–Trinajstić information content (AvgIpc) is 1.97. The molecule has 2 amide bonds. The highest BCUT2D eigenvalue weighted by atomic mass is 16.2. The number of piperazine rings is 1. The number of imide groups is 1. The number of amides is 2. The van der Waals surface area contributed by atoms with Gasteiger partial charge in [0.15, 0.2) is 0 Å². The Hall–Kier alpha value is -0.900. The molecular weight excluding hydrogens is 144 g/mol. The number of nitrogens with one attached hydrogen (secondary N) is 1. The normalized spacial score (nSPS) is 19.2. The quantitative estimate of drug-likeness (QED) is 0.541. The second kappa shape index (κ2) is 3.48. The van der Waals surface area contributed by atoms with Crippen LogP contribution in [-0.2, 0) is 9.59 Å². The third-order valence-corrected chi connectivity index (χ3v) is 1.60. The molecule has 0 aliphatic carbocycles. The molecule has 1 heterocycles. The van der Waals surface area contributed by atoms with Crippen molar-refractivity contribution in [2.75, 3.05) is 19.6 Å². The molecule has 1 N–H and O–H groups in total. The summed E-state index contributed by atoms with van der Waals surface area (Å²) in [6.07, 6.45) is 0.831. The summed E-state index contributed by atoms with van der Waals surface area (Å²) < 4.78 is 0. The first-order chi connectivity index (χ1) is 5.25. The van der Waals surface area contributed by atoms with Gasteiger partial charge >= 0.3 is 0 Å². The Kier molecular flexibility index (Phi) is 2.59. The van der Waals surface area contributed by atoms with E-state index in [1.807, 2.05) is 6.92 Å². The van der Waals surface area contributed by atoms with Gasteiger partial charge in [-0.2, -0.15) is 0 Å². The average molecular weight is 156 g/mol. The fourth-order valence-electron chi connectivity index (χ4n) is 1.08. The zero-order valence-electron chi connectivity index (χ0n) is 6.59. The van der Waals surface area contributed by atoms with E-state index in [4.69, 9.17) is 0 Å². The van der Waals surface area contributed by atoms with Gasteiger partial charge in [0, 0.05) is 6.54 Å². The molecule has 4 nitrogen and oxygen atoms in total. The van der Waals surface area contributed by atoms with E-state index in [0.717, 1.165) is 6.42 Å². The van der Waals surface area contributed by atoms with E-state index in [9.17, 15) is 9.59 Å². The molecule has 1 saturated heterocycles. The molecule has 1 aliphatic heterocycles. The van der Waals surface area contributed by atoms with Crippen molar-refractivity contribution in [2.45, 2.75) is 13.3 Å². The lowest BCUT2D eigenvalue weighted by Gasteiger charge is -2.24. The third-order valence-electron chi connectivity index (χ3n) is 1.60. The standard InChI is InChI=1S/C7H12N2O2/c1-2-3-9-6(10)4-8-5-7(9)11/h8H,2-5H2,1H3. The fraction of sp³-hybridized carbons (Fsp3) is 0.714. The Bertz CT molecular complexity index is 163. The van der Waals surface area contributed by atoms with Gasteiger partial charge in [0.05, 0.1) is 13.1 Å². The molecule has 0 saturated carbocycles. The summed E-state index contributed by atoms with van der Waals surface area (Å²) in [5, 5.41) is 2.73. The molecule has 0 aromatic heterocycles. The highest BCUT2D eigenvalue weighted by molar-refractivity contribution is 5.99. The largest absolute Gasteiger partial charge is 0.300 e. The monoisotopic (exact) mass is 156 g/mol. The van der Waals surface area contributed by atoms with Crippen molar-refractivity contribution in [3.8, 4) is 0 Å². The lowest BCUT2D eigenvalue weighted by atomic mass is 10.3. The third kappa shape index (κ3) is 1.77. The second-order valence-electron chi connectivity index (χ2n) is 2.54. The Morgan fingerprint density at radius 3 is 2.36 bits per heavy atom. The van der Waals surface area contributed by atoms with Crippen LogP contribution >= 0.6 is 0 Å². The molecular formula is C7H12N2O2. The summed E-state index contributed by atoms with van der Waals surface area (Å²) in [7, 11) is 0. The topological polar surface area (TPSA) is 49.4 Å². The first kappa shape index (κ1) is 8.20. The molecule has 0 bridgehead atoms. The smallest absolute Gasteiger partial charge is 0.243 e. The van der Waals surface area contributed by atoms with Crippen molar-refractivity contribution >= 4 is 11.8 Å². The molecule has 0 aromatic rings. The van der Waals surface area contributed by atoms with Gasteiger partial charge in [-0.25, -0.2) is 0 Å². The number of nitrogens with zero attached hydrogens (tertiary/aromatic N) is 1. The van der Waals surface area contributed by atoms with Crippen molar-refractivity contribution in [2.24, 2.45) is 0 Å². The summed E-state index contributed by atoms with van der Waals surface area (Å²) >= 11 is 0. The Morgan fingerprint density at radius 1 is 1.36 bits per heavy atom. The van der Waals surface area contributed by atoms with Crippen LogP contribution in [0, 0.1) is 0 Å². The van der Waals surface area contributed by atoms with Crippen molar-refractivity contribution in [3.63, 3.8) is 0 Å².